The van der Waals surface area contributed by atoms with Crippen LogP contribution in [-0.4, -0.2) is 61.1 Å². The molecule has 1 amide bonds. The van der Waals surface area contributed by atoms with Gasteiger partial charge in [0.25, 0.3) is 5.91 Å². The van der Waals surface area contributed by atoms with Gasteiger partial charge < -0.3 is 14.4 Å². The second-order valence-electron chi connectivity index (χ2n) is 7.92. The number of fused-ring (bicyclic) bond motifs is 1. The minimum atomic E-state index is 0.0164. The number of carbonyl (C=O) groups excluding carboxylic acids is 1. The van der Waals surface area contributed by atoms with E-state index in [1.807, 2.05) is 23.2 Å². The number of nitrogens with zero attached hydrogens (tertiary/aromatic N) is 3. The summed E-state index contributed by atoms with van der Waals surface area (Å²) >= 11 is 0. The summed E-state index contributed by atoms with van der Waals surface area (Å²) in [5.41, 5.74) is 3.78. The average Bonchev–Trinajstić information content (AvgIpc) is 2.84. The maximum Gasteiger partial charge on any atom is 0.254 e. The second-order valence-corrected chi connectivity index (χ2v) is 7.92. The quantitative estimate of drug-likeness (QED) is 0.531. The van der Waals surface area contributed by atoms with Crippen LogP contribution in [0.3, 0.4) is 0 Å². The molecule has 0 saturated carbocycles. The standard InChI is InChI=1S/C26H29N3O3/c1-4-7-20-16-22(17-23(31-2)25(20)32-3)26(30)29-14-12-28(13-15-29)18-21-9-5-8-19-10-6-11-27-24(19)21/h4-6,8-11,16-17H,1,7,12-15,18H2,2-3H3. The molecule has 1 saturated heterocycles. The van der Waals surface area contributed by atoms with E-state index in [2.05, 4.69) is 40.7 Å². The van der Waals surface area contributed by atoms with Crippen LogP contribution in [0, 0.1) is 0 Å². The molecule has 0 spiro atoms. The third-order valence-corrected chi connectivity index (χ3v) is 5.94. The van der Waals surface area contributed by atoms with Crippen LogP contribution < -0.4 is 9.47 Å². The summed E-state index contributed by atoms with van der Waals surface area (Å²) in [6.07, 6.45) is 4.24. The minimum Gasteiger partial charge on any atom is -0.493 e. The molecule has 0 atom stereocenters. The van der Waals surface area contributed by atoms with Crippen molar-refractivity contribution >= 4 is 16.8 Å². The van der Waals surface area contributed by atoms with E-state index in [1.165, 1.54) is 5.56 Å². The minimum absolute atomic E-state index is 0.0164. The van der Waals surface area contributed by atoms with Gasteiger partial charge in [-0.05, 0) is 30.2 Å². The Hall–Kier alpha value is -3.38. The molecule has 3 aromatic rings. The zero-order valence-corrected chi connectivity index (χ0v) is 18.7. The third-order valence-electron chi connectivity index (χ3n) is 5.94. The number of piperazine rings is 1. The first-order chi connectivity index (χ1) is 15.6. The van der Waals surface area contributed by atoms with Crippen LogP contribution in [0.1, 0.15) is 21.5 Å². The summed E-state index contributed by atoms with van der Waals surface area (Å²) in [4.78, 5) is 22.1. The highest BCUT2D eigenvalue weighted by atomic mass is 16.5. The number of rotatable bonds is 7. The normalized spacial score (nSPS) is 14.4. The Kier molecular flexibility index (Phi) is 6.71. The van der Waals surface area contributed by atoms with E-state index in [9.17, 15) is 4.79 Å². The van der Waals surface area contributed by atoms with Gasteiger partial charge in [-0.2, -0.15) is 0 Å². The lowest BCUT2D eigenvalue weighted by Crippen LogP contribution is -2.48. The Bertz CT molecular complexity index is 1120. The highest BCUT2D eigenvalue weighted by Crippen LogP contribution is 2.33. The Labute approximate surface area is 189 Å². The number of benzene rings is 2. The van der Waals surface area contributed by atoms with Gasteiger partial charge in [-0.25, -0.2) is 0 Å². The molecule has 2 aromatic carbocycles. The Morgan fingerprint density at radius 3 is 2.56 bits per heavy atom. The number of hydrogen-bond acceptors (Lipinski definition) is 5. The van der Waals surface area contributed by atoms with Gasteiger partial charge in [-0.1, -0.05) is 30.3 Å². The van der Waals surface area contributed by atoms with Crippen molar-refractivity contribution in [1.29, 1.82) is 0 Å². The molecule has 1 aromatic heterocycles. The van der Waals surface area contributed by atoms with E-state index >= 15 is 0 Å². The van der Waals surface area contributed by atoms with Gasteiger partial charge in [0.05, 0.1) is 19.7 Å². The van der Waals surface area contributed by atoms with Gasteiger partial charge >= 0.3 is 0 Å². The monoisotopic (exact) mass is 431 g/mol. The van der Waals surface area contributed by atoms with Crippen molar-refractivity contribution in [2.45, 2.75) is 13.0 Å². The van der Waals surface area contributed by atoms with Crippen LogP contribution in [-0.2, 0) is 13.0 Å². The molecule has 0 bridgehead atoms. The third kappa shape index (κ3) is 4.46. The Balaban J connectivity index is 1.45. The Morgan fingerprint density at radius 1 is 1.06 bits per heavy atom. The van der Waals surface area contributed by atoms with E-state index in [-0.39, 0.29) is 5.91 Å². The van der Waals surface area contributed by atoms with Gasteiger partial charge in [-0.3, -0.25) is 14.7 Å². The number of hydrogen-bond donors (Lipinski definition) is 0. The van der Waals surface area contributed by atoms with Crippen LogP contribution in [0.25, 0.3) is 10.9 Å². The number of amides is 1. The Morgan fingerprint density at radius 2 is 1.84 bits per heavy atom. The summed E-state index contributed by atoms with van der Waals surface area (Å²) in [5.74, 6) is 1.23. The number of aromatic nitrogens is 1. The first-order valence-corrected chi connectivity index (χ1v) is 10.8. The molecule has 0 radical (unpaired) electrons. The second kappa shape index (κ2) is 9.83. The number of pyridine rings is 1. The molecule has 1 aliphatic rings. The lowest BCUT2D eigenvalue weighted by Gasteiger charge is -2.35. The lowest BCUT2D eigenvalue weighted by atomic mass is 10.0. The molecule has 0 N–H and O–H groups in total. The fourth-order valence-electron chi connectivity index (χ4n) is 4.30. The SMILES string of the molecule is C=CCc1cc(C(=O)N2CCN(Cc3cccc4cccnc34)CC2)cc(OC)c1OC. The molecule has 2 heterocycles. The van der Waals surface area contributed by atoms with E-state index in [4.69, 9.17) is 9.47 Å². The van der Waals surface area contributed by atoms with E-state index in [0.717, 1.165) is 36.1 Å². The number of para-hydroxylation sites is 1. The fraction of sp³-hybridized carbons (Fsp3) is 0.308. The molecule has 32 heavy (non-hydrogen) atoms. The largest absolute Gasteiger partial charge is 0.493 e. The summed E-state index contributed by atoms with van der Waals surface area (Å²) in [7, 11) is 3.20. The number of methoxy groups -OCH3 is 2. The molecule has 0 aliphatic carbocycles. The highest BCUT2D eigenvalue weighted by Gasteiger charge is 2.24. The number of carbonyl (C=O) groups is 1. The van der Waals surface area contributed by atoms with Crippen LogP contribution in [0.15, 0.2) is 61.3 Å². The molecule has 4 rings (SSSR count). The summed E-state index contributed by atoms with van der Waals surface area (Å²) in [6.45, 7) is 7.65. The first-order valence-electron chi connectivity index (χ1n) is 10.8. The van der Waals surface area contributed by atoms with Crippen LogP contribution in [0.5, 0.6) is 11.5 Å². The fourth-order valence-corrected chi connectivity index (χ4v) is 4.30. The average molecular weight is 432 g/mol. The summed E-state index contributed by atoms with van der Waals surface area (Å²) in [6, 6.07) is 14.0. The maximum atomic E-state index is 13.2. The molecule has 0 unspecified atom stereocenters. The van der Waals surface area contributed by atoms with Gasteiger partial charge in [0, 0.05) is 55.4 Å². The van der Waals surface area contributed by atoms with Crippen LogP contribution in [0.2, 0.25) is 0 Å². The molecule has 6 heteroatoms. The van der Waals surface area contributed by atoms with E-state index in [1.54, 1.807) is 26.4 Å². The number of ether oxygens (including phenoxy) is 2. The van der Waals surface area contributed by atoms with Crippen molar-refractivity contribution in [2.75, 3.05) is 40.4 Å². The van der Waals surface area contributed by atoms with Crippen molar-refractivity contribution in [3.63, 3.8) is 0 Å². The smallest absolute Gasteiger partial charge is 0.254 e. The number of allylic oxidation sites excluding steroid dienone is 1. The van der Waals surface area contributed by atoms with Crippen LogP contribution in [0.4, 0.5) is 0 Å². The van der Waals surface area contributed by atoms with Crippen molar-refractivity contribution in [1.82, 2.24) is 14.8 Å². The van der Waals surface area contributed by atoms with Crippen LogP contribution >= 0.6 is 0 Å². The summed E-state index contributed by atoms with van der Waals surface area (Å²) < 4.78 is 11.0. The van der Waals surface area contributed by atoms with Crippen molar-refractivity contribution in [2.24, 2.45) is 0 Å². The maximum absolute atomic E-state index is 13.2. The van der Waals surface area contributed by atoms with Crippen molar-refractivity contribution in [3.8, 4) is 11.5 Å². The molecular weight excluding hydrogens is 402 g/mol. The highest BCUT2D eigenvalue weighted by molar-refractivity contribution is 5.95. The summed E-state index contributed by atoms with van der Waals surface area (Å²) in [5, 5.41) is 1.16. The zero-order chi connectivity index (χ0) is 22.5. The first kappa shape index (κ1) is 21.8. The van der Waals surface area contributed by atoms with Crippen molar-refractivity contribution in [3.05, 3.63) is 78.0 Å². The molecule has 166 valence electrons. The van der Waals surface area contributed by atoms with Crippen molar-refractivity contribution < 1.29 is 14.3 Å². The van der Waals surface area contributed by atoms with Gasteiger partial charge in [-0.15, -0.1) is 6.58 Å². The zero-order valence-electron chi connectivity index (χ0n) is 18.7. The molecule has 1 fully saturated rings. The van der Waals surface area contributed by atoms with Gasteiger partial charge in [0.2, 0.25) is 0 Å². The van der Waals surface area contributed by atoms with Gasteiger partial charge in [0.1, 0.15) is 0 Å². The topological polar surface area (TPSA) is 54.9 Å². The molecule has 1 aliphatic heterocycles. The predicted octanol–water partition coefficient (Wildman–Crippen LogP) is 3.94. The lowest BCUT2D eigenvalue weighted by molar-refractivity contribution is 0.0628. The van der Waals surface area contributed by atoms with E-state index in [0.29, 0.717) is 36.6 Å². The van der Waals surface area contributed by atoms with Gasteiger partial charge in [0.15, 0.2) is 11.5 Å². The predicted molar refractivity (Wildman–Crippen MR) is 126 cm³/mol. The molecule has 6 nitrogen and oxygen atoms in total. The molecular formula is C26H29N3O3. The van der Waals surface area contributed by atoms with E-state index < -0.39 is 0 Å².